The zero-order chi connectivity index (χ0) is 14.3. The molecule has 0 radical (unpaired) electrons. The van der Waals surface area contributed by atoms with E-state index in [1.54, 1.807) is 5.38 Å². The molecular formula is C13H19NO4S. The summed E-state index contributed by atoms with van der Waals surface area (Å²) in [6, 6.07) is 0. The van der Waals surface area contributed by atoms with E-state index in [9.17, 15) is 9.59 Å². The zero-order valence-corrected chi connectivity index (χ0v) is 12.0. The van der Waals surface area contributed by atoms with Crippen LogP contribution in [0.2, 0.25) is 0 Å². The van der Waals surface area contributed by atoms with Crippen molar-refractivity contribution in [1.29, 1.82) is 0 Å². The van der Waals surface area contributed by atoms with E-state index in [1.807, 2.05) is 12.3 Å². The first kappa shape index (κ1) is 15.5. The van der Waals surface area contributed by atoms with E-state index in [1.165, 1.54) is 29.8 Å². The lowest BCUT2D eigenvalue weighted by molar-refractivity contribution is 0.0600. The van der Waals surface area contributed by atoms with Gasteiger partial charge in [0.2, 0.25) is 0 Å². The maximum atomic E-state index is 10.9. The first-order chi connectivity index (χ1) is 9.06. The third-order valence-corrected chi connectivity index (χ3v) is 3.75. The summed E-state index contributed by atoms with van der Waals surface area (Å²) in [6.07, 6.45) is 2.48. The largest absolute Gasteiger partial charge is 0.465 e. The molecule has 1 aliphatic heterocycles. The number of hydrogen-bond donors (Lipinski definition) is 1. The molecule has 2 rings (SSSR count). The first-order valence-electron chi connectivity index (χ1n) is 6.15. The maximum absolute atomic E-state index is 10.9. The van der Waals surface area contributed by atoms with Crippen LogP contribution in [0.4, 0.5) is 4.79 Å². The summed E-state index contributed by atoms with van der Waals surface area (Å²) in [4.78, 5) is 22.6. The molecule has 0 spiro atoms. The van der Waals surface area contributed by atoms with Crippen molar-refractivity contribution in [1.82, 2.24) is 4.90 Å². The Morgan fingerprint density at radius 3 is 2.26 bits per heavy atom. The molecule has 1 N–H and O–H groups in total. The highest BCUT2D eigenvalue weighted by atomic mass is 32.1. The first-order valence-corrected chi connectivity index (χ1v) is 7.09. The number of likely N-dealkylation sites (tertiary alicyclic amines) is 1. The minimum absolute atomic E-state index is 0.251. The van der Waals surface area contributed by atoms with Crippen molar-refractivity contribution in [2.45, 2.75) is 26.2 Å². The van der Waals surface area contributed by atoms with E-state index >= 15 is 0 Å². The van der Waals surface area contributed by atoms with E-state index < -0.39 is 6.09 Å². The molecule has 5 nitrogen and oxygen atoms in total. The molecule has 1 aliphatic rings. The van der Waals surface area contributed by atoms with Gasteiger partial charge >= 0.3 is 12.1 Å². The number of methoxy groups -OCH3 is 1. The predicted molar refractivity (Wildman–Crippen MR) is 73.8 cm³/mol. The summed E-state index contributed by atoms with van der Waals surface area (Å²) < 4.78 is 4.54. The van der Waals surface area contributed by atoms with Crippen molar-refractivity contribution >= 4 is 23.4 Å². The maximum Gasteiger partial charge on any atom is 0.407 e. The lowest BCUT2D eigenvalue weighted by Crippen LogP contribution is -2.34. The van der Waals surface area contributed by atoms with Gasteiger partial charge in [0.05, 0.1) is 12.7 Å². The Bertz CT molecular complexity index is 424. The molecule has 1 amide bonds. The Hall–Kier alpha value is -1.56. The van der Waals surface area contributed by atoms with Gasteiger partial charge in [-0.05, 0) is 37.1 Å². The molecule has 0 atom stereocenters. The average molecular weight is 285 g/mol. The summed E-state index contributed by atoms with van der Waals surface area (Å²) >= 11 is 1.51. The molecule has 1 aromatic rings. The summed E-state index contributed by atoms with van der Waals surface area (Å²) in [5, 5.41) is 12.2. The molecule has 2 heterocycles. The smallest absolute Gasteiger partial charge is 0.407 e. The van der Waals surface area contributed by atoms with Crippen molar-refractivity contribution in [3.05, 3.63) is 21.9 Å². The Balaban J connectivity index is 0.000000191. The van der Waals surface area contributed by atoms with Gasteiger partial charge in [-0.1, -0.05) is 0 Å². The molecule has 6 heteroatoms. The number of rotatable bonds is 1. The van der Waals surface area contributed by atoms with Crippen LogP contribution in [0.15, 0.2) is 10.8 Å². The average Bonchev–Trinajstić information content (AvgIpc) is 2.86. The van der Waals surface area contributed by atoms with Crippen LogP contribution in [0.5, 0.6) is 0 Å². The topological polar surface area (TPSA) is 66.8 Å². The minimum Gasteiger partial charge on any atom is -0.465 e. The van der Waals surface area contributed by atoms with E-state index in [2.05, 4.69) is 4.74 Å². The number of carbonyl (C=O) groups excluding carboxylic acids is 1. The van der Waals surface area contributed by atoms with Gasteiger partial charge in [-0.15, -0.1) is 0 Å². The van der Waals surface area contributed by atoms with Crippen LogP contribution in [0.25, 0.3) is 0 Å². The number of thiophene rings is 1. The molecule has 106 valence electrons. The summed E-state index contributed by atoms with van der Waals surface area (Å²) in [6.45, 7) is 3.35. The van der Waals surface area contributed by atoms with Crippen LogP contribution in [0.1, 0.15) is 35.2 Å². The Kier molecular flexibility index (Phi) is 6.35. The van der Waals surface area contributed by atoms with Crippen molar-refractivity contribution < 1.29 is 19.4 Å². The van der Waals surface area contributed by atoms with Gasteiger partial charge < -0.3 is 14.7 Å². The van der Waals surface area contributed by atoms with Crippen LogP contribution in [0.3, 0.4) is 0 Å². The van der Waals surface area contributed by atoms with Gasteiger partial charge in [-0.2, -0.15) is 11.3 Å². The van der Waals surface area contributed by atoms with Crippen molar-refractivity contribution in [3.8, 4) is 0 Å². The molecule has 0 unspecified atom stereocenters. The Morgan fingerprint density at radius 1 is 1.26 bits per heavy atom. The number of hydrogen-bond acceptors (Lipinski definition) is 4. The number of amides is 1. The van der Waals surface area contributed by atoms with E-state index in [4.69, 9.17) is 5.11 Å². The molecule has 1 saturated heterocycles. The molecule has 0 aromatic carbocycles. The van der Waals surface area contributed by atoms with Crippen molar-refractivity contribution in [3.63, 3.8) is 0 Å². The highest BCUT2D eigenvalue weighted by Crippen LogP contribution is 2.13. The van der Waals surface area contributed by atoms with E-state index in [0.29, 0.717) is 5.56 Å². The number of piperidine rings is 1. The van der Waals surface area contributed by atoms with Gasteiger partial charge in [0.1, 0.15) is 0 Å². The molecule has 1 aromatic heterocycles. The van der Waals surface area contributed by atoms with Crippen LogP contribution < -0.4 is 0 Å². The SMILES string of the molecule is COC(=O)c1cscc1C.O=C(O)N1CCCCC1. The standard InChI is InChI=1S/C7H8O2S.C6H11NO2/c1-5-3-10-4-6(5)7(8)9-2;8-6(9)7-4-2-1-3-5-7/h3-4H,1-2H3;1-5H2,(H,8,9). The highest BCUT2D eigenvalue weighted by molar-refractivity contribution is 7.08. The molecular weight excluding hydrogens is 266 g/mol. The molecule has 0 bridgehead atoms. The number of carbonyl (C=O) groups is 2. The molecule has 0 saturated carbocycles. The van der Waals surface area contributed by atoms with Gasteiger partial charge in [0.25, 0.3) is 0 Å². The van der Waals surface area contributed by atoms with Gasteiger partial charge in [0.15, 0.2) is 0 Å². The van der Waals surface area contributed by atoms with E-state index in [-0.39, 0.29) is 5.97 Å². The lowest BCUT2D eigenvalue weighted by Gasteiger charge is -2.22. The summed E-state index contributed by atoms with van der Waals surface area (Å²) in [5.41, 5.74) is 1.66. The third-order valence-electron chi connectivity index (χ3n) is 2.89. The quantitative estimate of drug-likeness (QED) is 0.805. The van der Waals surface area contributed by atoms with E-state index in [0.717, 1.165) is 31.5 Å². The number of nitrogens with zero attached hydrogens (tertiary/aromatic N) is 1. The fourth-order valence-corrected chi connectivity index (χ4v) is 2.58. The van der Waals surface area contributed by atoms with Crippen LogP contribution in [-0.2, 0) is 4.74 Å². The fourth-order valence-electron chi connectivity index (χ4n) is 1.76. The fraction of sp³-hybridized carbons (Fsp3) is 0.538. The van der Waals surface area contributed by atoms with Crippen LogP contribution in [-0.4, -0.2) is 42.3 Å². The zero-order valence-electron chi connectivity index (χ0n) is 11.2. The van der Waals surface area contributed by atoms with Crippen molar-refractivity contribution in [2.24, 2.45) is 0 Å². The molecule has 19 heavy (non-hydrogen) atoms. The third kappa shape index (κ3) is 4.90. The number of ether oxygens (including phenoxy) is 1. The summed E-state index contributed by atoms with van der Waals surface area (Å²) in [5.74, 6) is -0.251. The van der Waals surface area contributed by atoms with Crippen LogP contribution in [0, 0.1) is 6.92 Å². The monoisotopic (exact) mass is 285 g/mol. The number of esters is 1. The predicted octanol–water partition coefficient (Wildman–Crippen LogP) is 2.99. The molecule has 0 aliphatic carbocycles. The highest BCUT2D eigenvalue weighted by Gasteiger charge is 2.13. The number of carboxylic acid groups (broad SMARTS) is 1. The number of aryl methyl sites for hydroxylation is 1. The minimum atomic E-state index is -0.769. The molecule has 1 fully saturated rings. The second-order valence-corrected chi connectivity index (χ2v) is 5.03. The lowest BCUT2D eigenvalue weighted by atomic mass is 10.1. The second kappa shape index (κ2) is 7.78. The normalized spacial score (nSPS) is 14.3. The second-order valence-electron chi connectivity index (χ2n) is 4.29. The van der Waals surface area contributed by atoms with Gasteiger partial charge in [-0.3, -0.25) is 0 Å². The Labute approximate surface area is 116 Å². The summed E-state index contributed by atoms with van der Waals surface area (Å²) in [7, 11) is 1.39. The van der Waals surface area contributed by atoms with Crippen LogP contribution >= 0.6 is 11.3 Å². The van der Waals surface area contributed by atoms with Gasteiger partial charge in [-0.25, -0.2) is 9.59 Å². The Morgan fingerprint density at radius 2 is 1.89 bits per heavy atom. The van der Waals surface area contributed by atoms with Gasteiger partial charge in [0, 0.05) is 18.5 Å². The van der Waals surface area contributed by atoms with Crippen molar-refractivity contribution in [2.75, 3.05) is 20.2 Å².